The van der Waals surface area contributed by atoms with Gasteiger partial charge in [-0.25, -0.2) is 4.98 Å². The SMILES string of the molecule is CC(C)N1CCC(n2ccnc2N)C1=O. The number of anilines is 1. The molecule has 0 aromatic carbocycles. The molecule has 1 amide bonds. The Morgan fingerprint density at radius 3 is 2.80 bits per heavy atom. The lowest BCUT2D eigenvalue weighted by atomic mass is 10.2. The van der Waals surface area contributed by atoms with Crippen LogP contribution >= 0.6 is 0 Å². The lowest BCUT2D eigenvalue weighted by molar-refractivity contribution is -0.131. The number of nitrogens with zero attached hydrogens (tertiary/aromatic N) is 3. The van der Waals surface area contributed by atoms with E-state index in [1.165, 1.54) is 0 Å². The summed E-state index contributed by atoms with van der Waals surface area (Å²) in [5, 5.41) is 0. The predicted molar refractivity (Wildman–Crippen MR) is 57.1 cm³/mol. The van der Waals surface area contributed by atoms with Crippen molar-refractivity contribution in [2.75, 3.05) is 12.3 Å². The Morgan fingerprint density at radius 2 is 2.33 bits per heavy atom. The minimum atomic E-state index is -0.158. The number of carbonyl (C=O) groups excluding carboxylic acids is 1. The fourth-order valence-electron chi connectivity index (χ4n) is 2.05. The van der Waals surface area contributed by atoms with Crippen LogP contribution in [0, 0.1) is 0 Å². The van der Waals surface area contributed by atoms with Crippen LogP contribution in [0.1, 0.15) is 26.3 Å². The van der Waals surface area contributed by atoms with E-state index in [4.69, 9.17) is 5.73 Å². The molecule has 1 fully saturated rings. The van der Waals surface area contributed by atoms with Crippen molar-refractivity contribution in [3.05, 3.63) is 12.4 Å². The Labute approximate surface area is 88.9 Å². The van der Waals surface area contributed by atoms with Crippen LogP contribution in [0.3, 0.4) is 0 Å². The molecule has 0 spiro atoms. The molecular formula is C10H16N4O. The van der Waals surface area contributed by atoms with Gasteiger partial charge in [-0.1, -0.05) is 0 Å². The molecule has 2 rings (SSSR count). The smallest absolute Gasteiger partial charge is 0.246 e. The lowest BCUT2D eigenvalue weighted by Gasteiger charge is -2.21. The molecule has 1 aromatic heterocycles. The van der Waals surface area contributed by atoms with E-state index in [2.05, 4.69) is 4.98 Å². The monoisotopic (exact) mass is 208 g/mol. The van der Waals surface area contributed by atoms with E-state index < -0.39 is 0 Å². The summed E-state index contributed by atoms with van der Waals surface area (Å²) < 4.78 is 1.75. The van der Waals surface area contributed by atoms with Gasteiger partial charge in [0.2, 0.25) is 11.9 Å². The number of nitrogens with two attached hydrogens (primary N) is 1. The second-order valence-electron chi connectivity index (χ2n) is 4.12. The van der Waals surface area contributed by atoms with Gasteiger partial charge in [-0.2, -0.15) is 0 Å². The van der Waals surface area contributed by atoms with Crippen molar-refractivity contribution in [3.8, 4) is 0 Å². The largest absolute Gasteiger partial charge is 0.369 e. The highest BCUT2D eigenvalue weighted by atomic mass is 16.2. The van der Waals surface area contributed by atoms with Crippen molar-refractivity contribution in [2.45, 2.75) is 32.4 Å². The zero-order valence-corrected chi connectivity index (χ0v) is 9.05. The first-order chi connectivity index (χ1) is 7.11. The molecule has 5 heteroatoms. The number of carbonyl (C=O) groups is 1. The van der Waals surface area contributed by atoms with Crippen LogP contribution in [-0.4, -0.2) is 32.9 Å². The third-order valence-electron chi connectivity index (χ3n) is 2.87. The fourth-order valence-corrected chi connectivity index (χ4v) is 2.05. The van der Waals surface area contributed by atoms with Crippen LogP contribution < -0.4 is 5.73 Å². The van der Waals surface area contributed by atoms with Gasteiger partial charge in [-0.15, -0.1) is 0 Å². The molecule has 0 aliphatic carbocycles. The van der Waals surface area contributed by atoms with Gasteiger partial charge in [-0.05, 0) is 20.3 Å². The number of imidazole rings is 1. The maximum absolute atomic E-state index is 12.0. The van der Waals surface area contributed by atoms with E-state index in [0.717, 1.165) is 13.0 Å². The van der Waals surface area contributed by atoms with Crippen LogP contribution in [0.15, 0.2) is 12.4 Å². The quantitative estimate of drug-likeness (QED) is 0.776. The molecule has 2 heterocycles. The Morgan fingerprint density at radius 1 is 1.60 bits per heavy atom. The van der Waals surface area contributed by atoms with Crippen molar-refractivity contribution >= 4 is 11.9 Å². The third kappa shape index (κ3) is 1.58. The minimum Gasteiger partial charge on any atom is -0.369 e. The maximum atomic E-state index is 12.0. The van der Waals surface area contributed by atoms with Gasteiger partial charge in [0.1, 0.15) is 6.04 Å². The highest BCUT2D eigenvalue weighted by Gasteiger charge is 2.34. The Hall–Kier alpha value is -1.52. The molecule has 1 aliphatic heterocycles. The van der Waals surface area contributed by atoms with E-state index in [1.54, 1.807) is 17.0 Å². The van der Waals surface area contributed by atoms with Crippen molar-refractivity contribution in [1.29, 1.82) is 0 Å². The van der Waals surface area contributed by atoms with Crippen molar-refractivity contribution in [3.63, 3.8) is 0 Å². The van der Waals surface area contributed by atoms with Gasteiger partial charge >= 0.3 is 0 Å². The summed E-state index contributed by atoms with van der Waals surface area (Å²) >= 11 is 0. The first-order valence-electron chi connectivity index (χ1n) is 5.20. The van der Waals surface area contributed by atoms with Gasteiger partial charge in [-0.3, -0.25) is 4.79 Å². The molecule has 1 aliphatic rings. The molecule has 1 atom stereocenters. The topological polar surface area (TPSA) is 64.2 Å². The molecule has 15 heavy (non-hydrogen) atoms. The van der Waals surface area contributed by atoms with E-state index in [0.29, 0.717) is 5.95 Å². The summed E-state index contributed by atoms with van der Waals surface area (Å²) in [6.45, 7) is 4.86. The number of likely N-dealkylation sites (tertiary alicyclic amines) is 1. The Balaban J connectivity index is 2.21. The van der Waals surface area contributed by atoms with Gasteiger partial charge < -0.3 is 15.2 Å². The number of rotatable bonds is 2. The standard InChI is InChI=1S/C10H16N4O/c1-7(2)13-5-3-8(9(13)15)14-6-4-12-10(14)11/h4,6-8H,3,5H2,1-2H3,(H2,11,12). The molecule has 5 nitrogen and oxygen atoms in total. The number of hydrogen-bond donors (Lipinski definition) is 1. The van der Waals surface area contributed by atoms with Crippen LogP contribution in [0.25, 0.3) is 0 Å². The maximum Gasteiger partial charge on any atom is 0.246 e. The second kappa shape index (κ2) is 3.56. The first kappa shape index (κ1) is 10.0. The molecule has 0 saturated carbocycles. The Kier molecular flexibility index (Phi) is 2.38. The lowest BCUT2D eigenvalue weighted by Crippen LogP contribution is -2.34. The van der Waals surface area contributed by atoms with Crippen LogP contribution in [-0.2, 0) is 4.79 Å². The summed E-state index contributed by atoms with van der Waals surface area (Å²) in [5.41, 5.74) is 5.69. The molecule has 0 bridgehead atoms. The van der Waals surface area contributed by atoms with Gasteiger partial charge in [0, 0.05) is 25.0 Å². The van der Waals surface area contributed by atoms with Gasteiger partial charge in [0.15, 0.2) is 0 Å². The van der Waals surface area contributed by atoms with E-state index in [-0.39, 0.29) is 18.0 Å². The number of nitrogen functional groups attached to an aromatic ring is 1. The summed E-state index contributed by atoms with van der Waals surface area (Å²) in [5.74, 6) is 0.564. The van der Waals surface area contributed by atoms with Crippen LogP contribution in [0.4, 0.5) is 5.95 Å². The molecule has 82 valence electrons. The average Bonchev–Trinajstić information content (AvgIpc) is 2.71. The zero-order chi connectivity index (χ0) is 11.0. The van der Waals surface area contributed by atoms with Crippen molar-refractivity contribution in [1.82, 2.24) is 14.5 Å². The summed E-state index contributed by atoms with van der Waals surface area (Å²) in [7, 11) is 0. The molecule has 1 aromatic rings. The molecule has 1 unspecified atom stereocenters. The zero-order valence-electron chi connectivity index (χ0n) is 9.05. The summed E-state index contributed by atoms with van der Waals surface area (Å²) in [6, 6.07) is 0.0992. The van der Waals surface area contributed by atoms with Crippen molar-refractivity contribution < 1.29 is 4.79 Å². The average molecular weight is 208 g/mol. The fraction of sp³-hybridized carbons (Fsp3) is 0.600. The van der Waals surface area contributed by atoms with Gasteiger partial charge in [0.05, 0.1) is 0 Å². The molecule has 0 radical (unpaired) electrons. The van der Waals surface area contributed by atoms with Crippen molar-refractivity contribution in [2.24, 2.45) is 0 Å². The van der Waals surface area contributed by atoms with Crippen LogP contribution in [0.5, 0.6) is 0 Å². The third-order valence-corrected chi connectivity index (χ3v) is 2.87. The normalized spacial score (nSPS) is 21.7. The highest BCUT2D eigenvalue weighted by Crippen LogP contribution is 2.26. The molecular weight excluding hydrogens is 192 g/mol. The molecule has 1 saturated heterocycles. The predicted octanol–water partition coefficient (Wildman–Crippen LogP) is 0.647. The van der Waals surface area contributed by atoms with E-state index in [1.807, 2.05) is 18.7 Å². The van der Waals surface area contributed by atoms with E-state index >= 15 is 0 Å². The number of hydrogen-bond acceptors (Lipinski definition) is 3. The highest BCUT2D eigenvalue weighted by molar-refractivity contribution is 5.83. The number of amides is 1. The number of aromatic nitrogens is 2. The van der Waals surface area contributed by atoms with Crippen LogP contribution in [0.2, 0.25) is 0 Å². The minimum absolute atomic E-state index is 0.148. The van der Waals surface area contributed by atoms with Gasteiger partial charge in [0.25, 0.3) is 0 Å². The molecule has 2 N–H and O–H groups in total. The Bertz CT molecular complexity index is 371. The summed E-state index contributed by atoms with van der Waals surface area (Å²) in [6.07, 6.45) is 4.21. The first-order valence-corrected chi connectivity index (χ1v) is 5.20. The second-order valence-corrected chi connectivity index (χ2v) is 4.12. The van der Waals surface area contributed by atoms with E-state index in [9.17, 15) is 4.79 Å². The summed E-state index contributed by atoms with van der Waals surface area (Å²) in [4.78, 5) is 17.8.